The molecule has 0 spiro atoms. The summed E-state index contributed by atoms with van der Waals surface area (Å²) in [5.41, 5.74) is 7.79. The van der Waals surface area contributed by atoms with E-state index in [9.17, 15) is 4.79 Å². The van der Waals surface area contributed by atoms with E-state index in [0.29, 0.717) is 6.54 Å². The Kier molecular flexibility index (Phi) is 4.58. The number of benzene rings is 1. The van der Waals surface area contributed by atoms with Crippen molar-refractivity contribution in [2.24, 2.45) is 0 Å². The average molecular weight is 305 g/mol. The largest absolute Gasteiger partial charge is 0.399 e. The third kappa shape index (κ3) is 3.46. The Morgan fingerprint density at radius 1 is 1.14 bits per heavy atom. The van der Waals surface area contributed by atoms with Gasteiger partial charge in [-0.15, -0.1) is 11.8 Å². The topological polar surface area (TPSA) is 49.6 Å². The van der Waals surface area contributed by atoms with Crippen LogP contribution in [-0.2, 0) is 4.79 Å². The normalized spacial score (nSPS) is 19.0. The minimum atomic E-state index is 0.261. The molecule has 3 rings (SSSR count). The minimum absolute atomic E-state index is 0.261. The second-order valence-electron chi connectivity index (χ2n) is 5.79. The molecule has 4 nitrogen and oxygen atoms in total. The van der Waals surface area contributed by atoms with Gasteiger partial charge in [0.15, 0.2) is 0 Å². The first-order valence-electron chi connectivity index (χ1n) is 7.79. The van der Waals surface area contributed by atoms with Gasteiger partial charge in [-0.2, -0.15) is 0 Å². The molecule has 1 aromatic rings. The lowest BCUT2D eigenvalue weighted by Gasteiger charge is -2.32. The lowest BCUT2D eigenvalue weighted by atomic mass is 10.2. The number of hydrogen-bond acceptors (Lipinski definition) is 4. The first-order chi connectivity index (χ1) is 10.2. The Bertz CT molecular complexity index is 512. The molecule has 0 aromatic heterocycles. The molecule has 5 heteroatoms. The fourth-order valence-electron chi connectivity index (χ4n) is 3.04. The van der Waals surface area contributed by atoms with Gasteiger partial charge in [0.2, 0.25) is 5.91 Å². The van der Waals surface area contributed by atoms with Crippen molar-refractivity contribution in [3.05, 3.63) is 18.2 Å². The van der Waals surface area contributed by atoms with Crippen LogP contribution in [0.4, 0.5) is 11.4 Å². The van der Waals surface area contributed by atoms with Crippen LogP contribution < -0.4 is 10.6 Å². The summed E-state index contributed by atoms with van der Waals surface area (Å²) in [7, 11) is 0. The van der Waals surface area contributed by atoms with Crippen molar-refractivity contribution in [3.63, 3.8) is 0 Å². The fraction of sp³-hybridized carbons (Fsp3) is 0.562. The Labute approximate surface area is 130 Å². The number of anilines is 2. The Hall–Kier alpha value is -1.36. The summed E-state index contributed by atoms with van der Waals surface area (Å²) < 4.78 is 0. The maximum absolute atomic E-state index is 12.6. The molecule has 0 unspecified atom stereocenters. The van der Waals surface area contributed by atoms with Crippen LogP contribution in [0.5, 0.6) is 0 Å². The SMILES string of the molecule is Nc1ccc2c(c1)N(CC(=O)N1CCCCCC1)CCS2. The summed E-state index contributed by atoms with van der Waals surface area (Å²) in [5, 5.41) is 0. The van der Waals surface area contributed by atoms with E-state index in [2.05, 4.69) is 11.0 Å². The summed E-state index contributed by atoms with van der Waals surface area (Å²) in [6.45, 7) is 3.24. The number of rotatable bonds is 2. The molecule has 0 atom stereocenters. The number of nitrogens with zero attached hydrogens (tertiary/aromatic N) is 2. The Balaban J connectivity index is 1.70. The highest BCUT2D eigenvalue weighted by molar-refractivity contribution is 7.99. The van der Waals surface area contributed by atoms with E-state index in [1.165, 1.54) is 17.7 Å². The molecule has 2 heterocycles. The van der Waals surface area contributed by atoms with Gasteiger partial charge in [0.05, 0.1) is 12.2 Å². The molecule has 1 saturated heterocycles. The third-order valence-corrected chi connectivity index (χ3v) is 5.27. The van der Waals surface area contributed by atoms with Gasteiger partial charge < -0.3 is 15.5 Å². The van der Waals surface area contributed by atoms with Gasteiger partial charge in [0.25, 0.3) is 0 Å². The molecule has 2 N–H and O–H groups in total. The Morgan fingerprint density at radius 3 is 2.67 bits per heavy atom. The predicted molar refractivity (Wildman–Crippen MR) is 88.8 cm³/mol. The van der Waals surface area contributed by atoms with Crippen LogP contribution >= 0.6 is 11.8 Å². The van der Waals surface area contributed by atoms with E-state index < -0.39 is 0 Å². The second-order valence-corrected chi connectivity index (χ2v) is 6.93. The van der Waals surface area contributed by atoms with Crippen LogP contribution in [0.2, 0.25) is 0 Å². The number of carbonyl (C=O) groups excluding carboxylic acids is 1. The third-order valence-electron chi connectivity index (χ3n) is 4.23. The fourth-order valence-corrected chi connectivity index (χ4v) is 4.07. The summed E-state index contributed by atoms with van der Waals surface area (Å²) >= 11 is 1.85. The van der Waals surface area contributed by atoms with Crippen LogP contribution in [0.1, 0.15) is 25.7 Å². The first-order valence-corrected chi connectivity index (χ1v) is 8.77. The zero-order valence-corrected chi connectivity index (χ0v) is 13.2. The number of thioether (sulfide) groups is 1. The van der Waals surface area contributed by atoms with Crippen LogP contribution in [0.15, 0.2) is 23.1 Å². The summed E-state index contributed by atoms with van der Waals surface area (Å²) in [6.07, 6.45) is 4.79. The van der Waals surface area contributed by atoms with Crippen LogP contribution in [0, 0.1) is 0 Å². The molecule has 2 aliphatic rings. The zero-order valence-electron chi connectivity index (χ0n) is 12.4. The molecular weight excluding hydrogens is 282 g/mol. The number of carbonyl (C=O) groups is 1. The number of likely N-dealkylation sites (tertiary alicyclic amines) is 1. The van der Waals surface area contributed by atoms with E-state index in [4.69, 9.17) is 5.73 Å². The van der Waals surface area contributed by atoms with Crippen molar-refractivity contribution < 1.29 is 4.79 Å². The summed E-state index contributed by atoms with van der Waals surface area (Å²) in [5.74, 6) is 1.29. The average Bonchev–Trinajstić information content (AvgIpc) is 2.77. The maximum Gasteiger partial charge on any atom is 0.242 e. The molecule has 2 aliphatic heterocycles. The standard InChI is InChI=1S/C16H23N3OS/c17-13-5-6-15-14(11-13)19(9-10-21-15)12-16(20)18-7-3-1-2-4-8-18/h5-6,11H,1-4,7-10,12,17H2. The monoisotopic (exact) mass is 305 g/mol. The van der Waals surface area contributed by atoms with Crippen molar-refractivity contribution in [3.8, 4) is 0 Å². The molecule has 1 amide bonds. The summed E-state index contributed by atoms with van der Waals surface area (Å²) in [4.78, 5) is 18.0. The number of nitrogen functional groups attached to an aromatic ring is 1. The molecular formula is C16H23N3OS. The predicted octanol–water partition coefficient (Wildman–Crippen LogP) is 2.58. The van der Waals surface area contributed by atoms with E-state index in [0.717, 1.165) is 49.6 Å². The Morgan fingerprint density at radius 2 is 1.90 bits per heavy atom. The van der Waals surface area contributed by atoms with Gasteiger partial charge in [-0.05, 0) is 31.0 Å². The number of nitrogens with two attached hydrogens (primary N) is 1. The molecule has 114 valence electrons. The van der Waals surface area contributed by atoms with Crippen LogP contribution in [0.3, 0.4) is 0 Å². The van der Waals surface area contributed by atoms with Crippen LogP contribution in [-0.4, -0.2) is 42.7 Å². The number of amides is 1. The van der Waals surface area contributed by atoms with E-state index in [1.807, 2.05) is 28.8 Å². The molecule has 0 bridgehead atoms. The van der Waals surface area contributed by atoms with Crippen molar-refractivity contribution >= 4 is 29.0 Å². The minimum Gasteiger partial charge on any atom is -0.399 e. The van der Waals surface area contributed by atoms with Crippen molar-refractivity contribution in [1.29, 1.82) is 0 Å². The van der Waals surface area contributed by atoms with Crippen molar-refractivity contribution in [2.75, 3.05) is 42.6 Å². The lowest BCUT2D eigenvalue weighted by Crippen LogP contribution is -2.42. The van der Waals surface area contributed by atoms with Gasteiger partial charge in [-0.25, -0.2) is 0 Å². The lowest BCUT2D eigenvalue weighted by molar-refractivity contribution is -0.129. The van der Waals surface area contributed by atoms with Crippen molar-refractivity contribution in [1.82, 2.24) is 4.90 Å². The number of fused-ring (bicyclic) bond motifs is 1. The zero-order chi connectivity index (χ0) is 14.7. The van der Waals surface area contributed by atoms with E-state index in [1.54, 1.807) is 0 Å². The van der Waals surface area contributed by atoms with E-state index in [-0.39, 0.29) is 5.91 Å². The molecule has 1 fully saturated rings. The first kappa shape index (κ1) is 14.6. The quantitative estimate of drug-likeness (QED) is 0.853. The van der Waals surface area contributed by atoms with E-state index >= 15 is 0 Å². The highest BCUT2D eigenvalue weighted by Crippen LogP contribution is 2.35. The van der Waals surface area contributed by atoms with Gasteiger partial charge in [0.1, 0.15) is 0 Å². The molecule has 1 aromatic carbocycles. The maximum atomic E-state index is 12.6. The van der Waals surface area contributed by atoms with Gasteiger partial charge in [-0.3, -0.25) is 4.79 Å². The molecule has 0 aliphatic carbocycles. The van der Waals surface area contributed by atoms with Gasteiger partial charge in [0, 0.05) is 36.0 Å². The van der Waals surface area contributed by atoms with Crippen LogP contribution in [0.25, 0.3) is 0 Å². The highest BCUT2D eigenvalue weighted by Gasteiger charge is 2.23. The smallest absolute Gasteiger partial charge is 0.242 e. The summed E-state index contributed by atoms with van der Waals surface area (Å²) in [6, 6.07) is 6.00. The highest BCUT2D eigenvalue weighted by atomic mass is 32.2. The van der Waals surface area contributed by atoms with Gasteiger partial charge >= 0.3 is 0 Å². The van der Waals surface area contributed by atoms with Gasteiger partial charge in [-0.1, -0.05) is 12.8 Å². The molecule has 0 radical (unpaired) electrons. The molecule has 0 saturated carbocycles. The van der Waals surface area contributed by atoms with Crippen molar-refractivity contribution in [2.45, 2.75) is 30.6 Å². The molecule has 21 heavy (non-hydrogen) atoms. The number of hydrogen-bond donors (Lipinski definition) is 1. The second kappa shape index (κ2) is 6.60.